The van der Waals surface area contributed by atoms with Gasteiger partial charge in [0.15, 0.2) is 6.20 Å². The summed E-state index contributed by atoms with van der Waals surface area (Å²) in [6.07, 6.45) is 4.14. The van der Waals surface area contributed by atoms with Crippen LogP contribution in [0.3, 0.4) is 0 Å². The van der Waals surface area contributed by atoms with Crippen molar-refractivity contribution in [3.8, 4) is 0 Å². The number of pyridine rings is 1. The molecule has 1 N–H and O–H groups in total. The van der Waals surface area contributed by atoms with Crippen LogP contribution >= 0.6 is 0 Å². The van der Waals surface area contributed by atoms with Crippen LogP contribution in [0.5, 0.6) is 0 Å². The predicted octanol–water partition coefficient (Wildman–Crippen LogP) is 2.95. The first-order valence-corrected chi connectivity index (χ1v) is 4.69. The normalized spacial score (nSPS) is 13.1. The fourth-order valence-electron chi connectivity index (χ4n) is 1.55. The second-order valence-corrected chi connectivity index (χ2v) is 4.23. The third-order valence-corrected chi connectivity index (χ3v) is 2.10. The fraction of sp³-hybridized carbons (Fsp3) is 0.417. The average molecular weight is 176 g/mol. The summed E-state index contributed by atoms with van der Waals surface area (Å²) < 4.78 is 0. The van der Waals surface area contributed by atoms with Gasteiger partial charge in [-0.05, 0) is 18.4 Å². The minimum atomic E-state index is 0.201. The number of nitrogens with one attached hydrogen (secondary N) is 1. The second kappa shape index (κ2) is 3.73. The zero-order chi connectivity index (χ0) is 9.90. The molecule has 0 aromatic carbocycles. The summed E-state index contributed by atoms with van der Waals surface area (Å²) in [6, 6.07) is 6.17. The SMILES string of the molecule is C/C=C(\c1cccc[nH+]1)C(C)(C)C. The quantitative estimate of drug-likeness (QED) is 0.624. The molecule has 1 aromatic rings. The highest BCUT2D eigenvalue weighted by Crippen LogP contribution is 2.31. The molecule has 70 valence electrons. The topological polar surface area (TPSA) is 14.1 Å². The first-order valence-electron chi connectivity index (χ1n) is 4.69. The summed E-state index contributed by atoms with van der Waals surface area (Å²) in [7, 11) is 0. The van der Waals surface area contributed by atoms with Gasteiger partial charge >= 0.3 is 0 Å². The van der Waals surface area contributed by atoms with E-state index in [4.69, 9.17) is 0 Å². The Labute approximate surface area is 80.5 Å². The maximum absolute atomic E-state index is 3.26. The van der Waals surface area contributed by atoms with Crippen molar-refractivity contribution in [2.45, 2.75) is 27.7 Å². The lowest BCUT2D eigenvalue weighted by atomic mass is 9.84. The largest absolute Gasteiger partial charge is 0.211 e. The van der Waals surface area contributed by atoms with E-state index in [0.717, 1.165) is 0 Å². The molecule has 0 aliphatic carbocycles. The first kappa shape index (κ1) is 9.97. The molecule has 0 radical (unpaired) electrons. The first-order chi connectivity index (χ1) is 6.05. The summed E-state index contributed by atoms with van der Waals surface area (Å²) in [5, 5.41) is 0. The number of hydrogen-bond donors (Lipinski definition) is 0. The lowest BCUT2D eigenvalue weighted by Crippen LogP contribution is -2.16. The molecule has 0 amide bonds. The van der Waals surface area contributed by atoms with Gasteiger partial charge < -0.3 is 0 Å². The van der Waals surface area contributed by atoms with Gasteiger partial charge in [-0.1, -0.05) is 26.8 Å². The molecule has 0 unspecified atom stereocenters. The van der Waals surface area contributed by atoms with Crippen LogP contribution in [-0.4, -0.2) is 0 Å². The molecule has 0 bridgehead atoms. The Hall–Kier alpha value is -1.11. The van der Waals surface area contributed by atoms with Crippen molar-refractivity contribution in [2.75, 3.05) is 0 Å². The molecule has 1 nitrogen and oxygen atoms in total. The Bertz CT molecular complexity index is 291. The number of aromatic amines is 1. The zero-order valence-corrected chi connectivity index (χ0v) is 8.89. The number of rotatable bonds is 1. The van der Waals surface area contributed by atoms with E-state index in [9.17, 15) is 0 Å². The van der Waals surface area contributed by atoms with Crippen LogP contribution in [0.2, 0.25) is 0 Å². The lowest BCUT2D eigenvalue weighted by molar-refractivity contribution is -0.382. The van der Waals surface area contributed by atoms with E-state index < -0.39 is 0 Å². The molecule has 0 saturated carbocycles. The van der Waals surface area contributed by atoms with Crippen LogP contribution in [0.1, 0.15) is 33.4 Å². The monoisotopic (exact) mass is 176 g/mol. The molecule has 0 aliphatic rings. The summed E-state index contributed by atoms with van der Waals surface area (Å²) in [4.78, 5) is 3.26. The Morgan fingerprint density at radius 2 is 2.00 bits per heavy atom. The molecule has 13 heavy (non-hydrogen) atoms. The third kappa shape index (κ3) is 2.41. The Balaban J connectivity index is 3.08. The van der Waals surface area contributed by atoms with E-state index >= 15 is 0 Å². The van der Waals surface area contributed by atoms with E-state index in [-0.39, 0.29) is 5.41 Å². The van der Waals surface area contributed by atoms with Gasteiger partial charge in [-0.25, -0.2) is 4.98 Å². The summed E-state index contributed by atoms with van der Waals surface area (Å²) in [6.45, 7) is 8.76. The average Bonchev–Trinajstić information content (AvgIpc) is 2.05. The van der Waals surface area contributed by atoms with Gasteiger partial charge in [0.2, 0.25) is 5.69 Å². The van der Waals surface area contributed by atoms with Crippen molar-refractivity contribution in [1.82, 2.24) is 0 Å². The lowest BCUT2D eigenvalue weighted by Gasteiger charge is -2.19. The highest BCUT2D eigenvalue weighted by molar-refractivity contribution is 5.64. The van der Waals surface area contributed by atoms with Crippen molar-refractivity contribution in [1.29, 1.82) is 0 Å². The van der Waals surface area contributed by atoms with E-state index in [0.29, 0.717) is 0 Å². The molecule has 0 saturated heterocycles. The molecule has 0 fully saturated rings. The standard InChI is InChI=1S/C12H17N/c1-5-10(12(2,3)4)11-8-6-7-9-13-11/h5-9H,1-4H3/p+1/b10-5+. The van der Waals surface area contributed by atoms with Gasteiger partial charge in [0, 0.05) is 17.7 Å². The predicted molar refractivity (Wildman–Crippen MR) is 56.1 cm³/mol. The van der Waals surface area contributed by atoms with Gasteiger partial charge in [-0.3, -0.25) is 0 Å². The van der Waals surface area contributed by atoms with Crippen LogP contribution in [0.4, 0.5) is 0 Å². The molecule has 0 aliphatic heterocycles. The van der Waals surface area contributed by atoms with Crippen LogP contribution in [0, 0.1) is 5.41 Å². The van der Waals surface area contributed by atoms with E-state index in [1.54, 1.807) is 0 Å². The van der Waals surface area contributed by atoms with Gasteiger partial charge in [0.25, 0.3) is 0 Å². The van der Waals surface area contributed by atoms with E-state index in [1.807, 2.05) is 12.3 Å². The highest BCUT2D eigenvalue weighted by atomic mass is 14.7. The van der Waals surface area contributed by atoms with Gasteiger partial charge in [0.1, 0.15) is 0 Å². The van der Waals surface area contributed by atoms with Gasteiger partial charge in [-0.15, -0.1) is 0 Å². The third-order valence-electron chi connectivity index (χ3n) is 2.10. The van der Waals surface area contributed by atoms with Crippen molar-refractivity contribution >= 4 is 5.57 Å². The van der Waals surface area contributed by atoms with Crippen molar-refractivity contribution in [2.24, 2.45) is 5.41 Å². The summed E-state index contributed by atoms with van der Waals surface area (Å²) >= 11 is 0. The van der Waals surface area contributed by atoms with Crippen molar-refractivity contribution in [3.63, 3.8) is 0 Å². The van der Waals surface area contributed by atoms with Crippen LogP contribution in [0.25, 0.3) is 5.57 Å². The molecule has 1 rings (SSSR count). The highest BCUT2D eigenvalue weighted by Gasteiger charge is 2.21. The Morgan fingerprint density at radius 3 is 2.38 bits per heavy atom. The fourth-order valence-corrected chi connectivity index (χ4v) is 1.55. The number of hydrogen-bond acceptors (Lipinski definition) is 0. The smallest absolute Gasteiger partial charge is 0.206 e. The molecule has 0 atom stereocenters. The number of aromatic nitrogens is 1. The van der Waals surface area contributed by atoms with E-state index in [1.165, 1.54) is 11.3 Å². The molecule has 1 heteroatoms. The van der Waals surface area contributed by atoms with Crippen LogP contribution in [-0.2, 0) is 0 Å². The Kier molecular flexibility index (Phi) is 2.86. The second-order valence-electron chi connectivity index (χ2n) is 4.23. The molecule has 1 heterocycles. The minimum absolute atomic E-state index is 0.201. The minimum Gasteiger partial charge on any atom is -0.211 e. The maximum Gasteiger partial charge on any atom is 0.206 e. The molecule has 0 spiro atoms. The molecular weight excluding hydrogens is 158 g/mol. The molecule has 1 aromatic heterocycles. The zero-order valence-electron chi connectivity index (χ0n) is 8.89. The van der Waals surface area contributed by atoms with Crippen molar-refractivity contribution in [3.05, 3.63) is 36.2 Å². The molecular formula is C12H18N+. The van der Waals surface area contributed by atoms with Crippen LogP contribution in [0.15, 0.2) is 30.5 Å². The number of H-pyrrole nitrogens is 1. The summed E-state index contributed by atoms with van der Waals surface area (Å²) in [5.41, 5.74) is 2.76. The van der Waals surface area contributed by atoms with Crippen LogP contribution < -0.4 is 4.98 Å². The van der Waals surface area contributed by atoms with E-state index in [2.05, 4.69) is 50.9 Å². The number of allylic oxidation sites excluding steroid dienone is 2. The van der Waals surface area contributed by atoms with Gasteiger partial charge in [-0.2, -0.15) is 0 Å². The maximum atomic E-state index is 3.26. The van der Waals surface area contributed by atoms with Crippen molar-refractivity contribution < 1.29 is 4.98 Å². The summed E-state index contributed by atoms with van der Waals surface area (Å²) in [5.74, 6) is 0. The Morgan fingerprint density at radius 1 is 1.31 bits per heavy atom. The van der Waals surface area contributed by atoms with Gasteiger partial charge in [0.05, 0.1) is 0 Å².